The van der Waals surface area contributed by atoms with E-state index in [-0.39, 0.29) is 30.3 Å². The molecule has 0 saturated carbocycles. The number of ether oxygens (including phenoxy) is 1. The van der Waals surface area contributed by atoms with Crippen molar-refractivity contribution in [3.8, 4) is 5.75 Å². The molecule has 0 radical (unpaired) electrons. The van der Waals surface area contributed by atoms with E-state index in [2.05, 4.69) is 20.5 Å². The quantitative estimate of drug-likeness (QED) is 0.399. The Bertz CT molecular complexity index is 1270. The monoisotopic (exact) mass is 535 g/mol. The summed E-state index contributed by atoms with van der Waals surface area (Å²) in [6.45, 7) is 5.26. The Kier molecular flexibility index (Phi) is 9.11. The van der Waals surface area contributed by atoms with Gasteiger partial charge in [0, 0.05) is 43.6 Å². The van der Waals surface area contributed by atoms with Crippen molar-refractivity contribution in [1.82, 2.24) is 14.8 Å². The highest BCUT2D eigenvalue weighted by atomic mass is 19.1. The summed E-state index contributed by atoms with van der Waals surface area (Å²) in [5.74, 6) is -0.518. The number of fused-ring (bicyclic) bond motifs is 1. The van der Waals surface area contributed by atoms with Crippen molar-refractivity contribution < 1.29 is 23.8 Å². The molecule has 1 aliphatic heterocycles. The van der Waals surface area contributed by atoms with Crippen LogP contribution in [0.15, 0.2) is 67.0 Å². The molecular weight excluding hydrogens is 501 g/mol. The minimum absolute atomic E-state index is 0.0860. The molecule has 2 heterocycles. The molecule has 0 saturated heterocycles. The van der Waals surface area contributed by atoms with Crippen molar-refractivity contribution in [2.75, 3.05) is 37.4 Å². The van der Waals surface area contributed by atoms with Crippen molar-refractivity contribution in [1.29, 1.82) is 0 Å². The molecule has 10 heteroatoms. The predicted octanol–water partition coefficient (Wildman–Crippen LogP) is 4.22. The second-order valence-electron chi connectivity index (χ2n) is 9.94. The van der Waals surface area contributed by atoms with Crippen molar-refractivity contribution in [2.45, 2.75) is 32.5 Å². The molecule has 0 aliphatic carbocycles. The van der Waals surface area contributed by atoms with Crippen molar-refractivity contribution in [2.24, 2.45) is 5.92 Å². The van der Waals surface area contributed by atoms with E-state index < -0.39 is 17.9 Å². The number of nitrogens with zero attached hydrogens (tertiary/aromatic N) is 3. The van der Waals surface area contributed by atoms with Gasteiger partial charge in [0.2, 0.25) is 0 Å². The number of aromatic nitrogens is 1. The topological polar surface area (TPSA) is 107 Å². The van der Waals surface area contributed by atoms with E-state index in [4.69, 9.17) is 4.74 Å². The van der Waals surface area contributed by atoms with E-state index in [1.807, 2.05) is 26.1 Å². The molecule has 0 spiro atoms. The van der Waals surface area contributed by atoms with E-state index in [9.17, 15) is 19.1 Å². The number of benzene rings is 2. The minimum atomic E-state index is -0.562. The molecule has 3 atom stereocenters. The van der Waals surface area contributed by atoms with Gasteiger partial charge in [0.1, 0.15) is 11.9 Å². The fourth-order valence-corrected chi connectivity index (χ4v) is 4.55. The Labute approximate surface area is 227 Å². The number of hydrogen-bond acceptors (Lipinski definition) is 6. The van der Waals surface area contributed by atoms with E-state index in [1.165, 1.54) is 24.3 Å². The zero-order valence-electron chi connectivity index (χ0n) is 22.3. The average Bonchev–Trinajstić information content (AvgIpc) is 2.92. The van der Waals surface area contributed by atoms with Gasteiger partial charge in [-0.25, -0.2) is 9.18 Å². The van der Waals surface area contributed by atoms with E-state index in [1.54, 1.807) is 42.4 Å². The Balaban J connectivity index is 1.62. The van der Waals surface area contributed by atoms with Gasteiger partial charge in [-0.15, -0.1) is 0 Å². The predicted molar refractivity (Wildman–Crippen MR) is 147 cm³/mol. The first-order valence-electron chi connectivity index (χ1n) is 12.9. The maximum absolute atomic E-state index is 13.6. The molecule has 9 nitrogen and oxygen atoms in total. The number of carbonyl (C=O) groups excluding carboxylic acids is 2. The lowest BCUT2D eigenvalue weighted by molar-refractivity contribution is 0.0343. The number of para-hydroxylation sites is 1. The average molecular weight is 536 g/mol. The third kappa shape index (κ3) is 7.10. The second kappa shape index (κ2) is 12.7. The number of pyridine rings is 1. The first-order chi connectivity index (χ1) is 18.7. The van der Waals surface area contributed by atoms with Gasteiger partial charge in [0.25, 0.3) is 5.91 Å². The van der Waals surface area contributed by atoms with Gasteiger partial charge in [0.05, 0.1) is 23.9 Å². The van der Waals surface area contributed by atoms with Gasteiger partial charge in [-0.3, -0.25) is 14.7 Å². The van der Waals surface area contributed by atoms with Gasteiger partial charge in [-0.2, -0.15) is 0 Å². The summed E-state index contributed by atoms with van der Waals surface area (Å²) in [6, 6.07) is 13.4. The highest BCUT2D eigenvalue weighted by Gasteiger charge is 2.34. The molecule has 3 amide bonds. The van der Waals surface area contributed by atoms with Crippen molar-refractivity contribution in [3.63, 3.8) is 0 Å². The Morgan fingerprint density at radius 2 is 1.90 bits per heavy atom. The Morgan fingerprint density at radius 1 is 1.18 bits per heavy atom. The normalized spacial score (nSPS) is 18.0. The fourth-order valence-electron chi connectivity index (χ4n) is 4.55. The first-order valence-corrected chi connectivity index (χ1v) is 12.9. The van der Waals surface area contributed by atoms with Crippen LogP contribution in [0.2, 0.25) is 0 Å². The highest BCUT2D eigenvalue weighted by Crippen LogP contribution is 2.35. The third-order valence-corrected chi connectivity index (χ3v) is 6.73. The van der Waals surface area contributed by atoms with Crippen LogP contribution in [0.25, 0.3) is 0 Å². The second-order valence-corrected chi connectivity index (χ2v) is 9.94. The van der Waals surface area contributed by atoms with Crippen LogP contribution in [0.1, 0.15) is 29.8 Å². The van der Waals surface area contributed by atoms with Crippen LogP contribution < -0.4 is 15.4 Å². The number of likely N-dealkylation sites (N-methyl/N-ethyl adjacent to an activating group) is 1. The van der Waals surface area contributed by atoms with E-state index in [0.717, 1.165) is 5.56 Å². The fraction of sp³-hybridized carbons (Fsp3) is 0.345. The summed E-state index contributed by atoms with van der Waals surface area (Å²) in [7, 11) is 2.00. The van der Waals surface area contributed by atoms with Crippen LogP contribution in [0.5, 0.6) is 5.75 Å². The Morgan fingerprint density at radius 3 is 2.59 bits per heavy atom. The number of nitrogens with one attached hydrogen (secondary N) is 2. The molecule has 206 valence electrons. The van der Waals surface area contributed by atoms with Gasteiger partial charge in [-0.05, 0) is 68.1 Å². The summed E-state index contributed by atoms with van der Waals surface area (Å²) in [4.78, 5) is 34.3. The summed E-state index contributed by atoms with van der Waals surface area (Å²) >= 11 is 0. The molecular formula is C29H34FN5O4. The number of carbonyl (C=O) groups is 2. The molecule has 1 aromatic heterocycles. The van der Waals surface area contributed by atoms with Crippen LogP contribution in [-0.2, 0) is 6.54 Å². The standard InChI is InChI=1S/C29H34FN5O4/c1-19-15-35(20(2)18-36)28(37)24-5-4-6-25(33-29(38)32-23-9-7-22(30)8-10-23)27(24)39-26(19)17-34(3)16-21-11-13-31-14-12-21/h4-14,19-20,26,36H,15-18H2,1-3H3,(H2,32,33,38)/t19-,20-,26-/m1/s1. The summed E-state index contributed by atoms with van der Waals surface area (Å²) in [5, 5.41) is 15.3. The maximum atomic E-state index is 13.6. The molecule has 1 aliphatic rings. The SMILES string of the molecule is C[C@@H]1CN([C@H](C)CO)C(=O)c2cccc(NC(=O)Nc3ccc(F)cc3)c2O[C@@H]1CN(C)Cc1ccncc1. The number of hydrogen-bond donors (Lipinski definition) is 3. The molecule has 0 bridgehead atoms. The molecule has 3 aromatic rings. The zero-order valence-corrected chi connectivity index (χ0v) is 22.3. The third-order valence-electron chi connectivity index (χ3n) is 6.73. The lowest BCUT2D eigenvalue weighted by Gasteiger charge is -2.38. The number of anilines is 2. The maximum Gasteiger partial charge on any atom is 0.323 e. The summed E-state index contributed by atoms with van der Waals surface area (Å²) in [6.07, 6.45) is 3.17. The van der Waals surface area contributed by atoms with E-state index >= 15 is 0 Å². The number of aliphatic hydroxyl groups excluding tert-OH is 1. The summed E-state index contributed by atoms with van der Waals surface area (Å²) in [5.41, 5.74) is 2.14. The number of urea groups is 1. The first kappa shape index (κ1) is 28.0. The summed E-state index contributed by atoms with van der Waals surface area (Å²) < 4.78 is 19.8. The molecule has 2 aromatic carbocycles. The lowest BCUT2D eigenvalue weighted by atomic mass is 9.99. The number of rotatable bonds is 8. The lowest BCUT2D eigenvalue weighted by Crippen LogP contribution is -2.49. The smallest absolute Gasteiger partial charge is 0.323 e. The van der Waals surface area contributed by atoms with Gasteiger partial charge >= 0.3 is 6.03 Å². The molecule has 39 heavy (non-hydrogen) atoms. The van der Waals surface area contributed by atoms with Gasteiger partial charge in [-0.1, -0.05) is 13.0 Å². The number of aliphatic hydroxyl groups is 1. The molecule has 4 rings (SSSR count). The minimum Gasteiger partial charge on any atom is -0.486 e. The van der Waals surface area contributed by atoms with Crippen LogP contribution in [0.3, 0.4) is 0 Å². The molecule has 3 N–H and O–H groups in total. The molecule has 0 fully saturated rings. The largest absolute Gasteiger partial charge is 0.486 e. The zero-order chi connectivity index (χ0) is 27.9. The van der Waals surface area contributed by atoms with Gasteiger partial charge < -0.3 is 25.4 Å². The molecule has 0 unspecified atom stereocenters. The number of amides is 3. The van der Waals surface area contributed by atoms with E-state index in [0.29, 0.717) is 36.6 Å². The van der Waals surface area contributed by atoms with Crippen LogP contribution in [-0.4, -0.2) is 70.7 Å². The Hall–Kier alpha value is -4.02. The van der Waals surface area contributed by atoms with Gasteiger partial charge in [0.15, 0.2) is 5.75 Å². The highest BCUT2D eigenvalue weighted by molar-refractivity contribution is 6.04. The van der Waals surface area contributed by atoms with Crippen LogP contribution in [0, 0.1) is 11.7 Å². The van der Waals surface area contributed by atoms with Crippen LogP contribution >= 0.6 is 0 Å². The van der Waals surface area contributed by atoms with Crippen LogP contribution in [0.4, 0.5) is 20.6 Å². The van der Waals surface area contributed by atoms with Crippen molar-refractivity contribution >= 4 is 23.3 Å². The van der Waals surface area contributed by atoms with Crippen molar-refractivity contribution in [3.05, 3.63) is 83.9 Å². The number of halogens is 1.